The number of alkyl halides is 1. The van der Waals surface area contributed by atoms with Gasteiger partial charge in [-0.2, -0.15) is 5.10 Å². The number of halogens is 1. The van der Waals surface area contributed by atoms with Gasteiger partial charge in [-0.3, -0.25) is 14.8 Å². The maximum Gasteiger partial charge on any atom is 0.310 e. The van der Waals surface area contributed by atoms with Gasteiger partial charge in [-0.25, -0.2) is 0 Å². The molecule has 0 unspecified atom stereocenters. The molecule has 0 aliphatic heterocycles. The van der Waals surface area contributed by atoms with Crippen molar-refractivity contribution in [2.75, 3.05) is 0 Å². The van der Waals surface area contributed by atoms with Crippen LogP contribution in [0.25, 0.3) is 0 Å². The van der Waals surface area contributed by atoms with E-state index in [1.807, 2.05) is 20.0 Å². The van der Waals surface area contributed by atoms with Gasteiger partial charge in [0.05, 0.1) is 16.3 Å². The van der Waals surface area contributed by atoms with Crippen LogP contribution in [0.4, 0.5) is 5.69 Å². The summed E-state index contributed by atoms with van der Waals surface area (Å²) in [6.07, 6.45) is 0. The molecule has 20 heavy (non-hydrogen) atoms. The molecule has 0 spiro atoms. The van der Waals surface area contributed by atoms with Gasteiger partial charge in [-0.05, 0) is 24.6 Å². The molecule has 0 fully saturated rings. The third kappa shape index (κ3) is 3.16. The normalized spacial score (nSPS) is 10.6. The van der Waals surface area contributed by atoms with E-state index in [-0.39, 0.29) is 18.0 Å². The SMILES string of the molecule is Cc1cc(COc2cc(CBr)ccc2[N+](=O)[O-])n(C)n1. The summed E-state index contributed by atoms with van der Waals surface area (Å²) in [5.74, 6) is 0.269. The lowest BCUT2D eigenvalue weighted by Gasteiger charge is -2.08. The van der Waals surface area contributed by atoms with Gasteiger partial charge in [-0.1, -0.05) is 22.0 Å². The largest absolute Gasteiger partial charge is 0.480 e. The zero-order valence-electron chi connectivity index (χ0n) is 11.2. The van der Waals surface area contributed by atoms with E-state index in [9.17, 15) is 10.1 Å². The van der Waals surface area contributed by atoms with Crippen molar-refractivity contribution in [3.05, 3.63) is 51.3 Å². The second-order valence-electron chi connectivity index (χ2n) is 4.38. The van der Waals surface area contributed by atoms with Crippen molar-refractivity contribution in [2.24, 2.45) is 7.05 Å². The number of ether oxygens (including phenoxy) is 1. The van der Waals surface area contributed by atoms with Crippen LogP contribution < -0.4 is 4.74 Å². The fourth-order valence-electron chi connectivity index (χ4n) is 1.86. The monoisotopic (exact) mass is 339 g/mol. The van der Waals surface area contributed by atoms with Gasteiger partial charge in [0.1, 0.15) is 6.61 Å². The zero-order valence-corrected chi connectivity index (χ0v) is 12.8. The second-order valence-corrected chi connectivity index (χ2v) is 4.94. The molecule has 0 N–H and O–H groups in total. The Hall–Kier alpha value is -1.89. The Labute approximate surface area is 124 Å². The number of nitrogens with zero attached hydrogens (tertiary/aromatic N) is 3. The number of hydrogen-bond acceptors (Lipinski definition) is 4. The first-order valence-electron chi connectivity index (χ1n) is 5.97. The van der Waals surface area contributed by atoms with Crippen molar-refractivity contribution in [3.8, 4) is 5.75 Å². The highest BCUT2D eigenvalue weighted by atomic mass is 79.9. The van der Waals surface area contributed by atoms with Crippen LogP contribution in [-0.2, 0) is 19.0 Å². The standard InChI is InChI=1S/C13H14BrN3O3/c1-9-5-11(16(2)15-9)8-20-13-6-10(7-14)3-4-12(13)17(18)19/h3-6H,7-8H2,1-2H3. The molecule has 0 saturated carbocycles. The van der Waals surface area contributed by atoms with Crippen LogP contribution in [0.3, 0.4) is 0 Å². The first-order chi connectivity index (χ1) is 9.51. The summed E-state index contributed by atoms with van der Waals surface area (Å²) >= 11 is 3.32. The first kappa shape index (κ1) is 14.5. The lowest BCUT2D eigenvalue weighted by Crippen LogP contribution is -2.04. The Balaban J connectivity index is 2.23. The van der Waals surface area contributed by atoms with Crippen molar-refractivity contribution in [2.45, 2.75) is 18.9 Å². The number of rotatable bonds is 5. The fraction of sp³-hybridized carbons (Fsp3) is 0.308. The molecule has 7 heteroatoms. The molecule has 1 aromatic heterocycles. The average Bonchev–Trinajstić information content (AvgIpc) is 2.74. The topological polar surface area (TPSA) is 70.2 Å². The molecule has 0 bridgehead atoms. The smallest absolute Gasteiger partial charge is 0.310 e. The van der Waals surface area contributed by atoms with Crippen LogP contribution in [0.1, 0.15) is 17.0 Å². The second kappa shape index (κ2) is 6.04. The van der Waals surface area contributed by atoms with E-state index in [1.54, 1.807) is 16.8 Å². The molecular formula is C13H14BrN3O3. The highest BCUT2D eigenvalue weighted by Gasteiger charge is 2.16. The molecular weight excluding hydrogens is 326 g/mol. The third-order valence-electron chi connectivity index (χ3n) is 2.85. The molecule has 0 radical (unpaired) electrons. The predicted octanol–water partition coefficient (Wildman–Crippen LogP) is 3.11. The maximum atomic E-state index is 11.0. The van der Waals surface area contributed by atoms with Gasteiger partial charge < -0.3 is 4.74 Å². The first-order valence-corrected chi connectivity index (χ1v) is 7.09. The van der Waals surface area contributed by atoms with Gasteiger partial charge >= 0.3 is 5.69 Å². The van der Waals surface area contributed by atoms with E-state index in [2.05, 4.69) is 21.0 Å². The summed E-state index contributed by atoms with van der Waals surface area (Å²) in [4.78, 5) is 10.6. The van der Waals surface area contributed by atoms with Crippen molar-refractivity contribution in [1.29, 1.82) is 0 Å². The fourth-order valence-corrected chi connectivity index (χ4v) is 2.21. The number of aromatic nitrogens is 2. The Morgan fingerprint density at radius 1 is 1.45 bits per heavy atom. The van der Waals surface area contributed by atoms with E-state index in [0.717, 1.165) is 17.0 Å². The Morgan fingerprint density at radius 2 is 2.20 bits per heavy atom. The van der Waals surface area contributed by atoms with Crippen molar-refractivity contribution in [3.63, 3.8) is 0 Å². The molecule has 0 atom stereocenters. The van der Waals surface area contributed by atoms with Crippen LogP contribution in [-0.4, -0.2) is 14.7 Å². The minimum Gasteiger partial charge on any atom is -0.480 e. The molecule has 1 heterocycles. The van der Waals surface area contributed by atoms with Crippen LogP contribution in [0.15, 0.2) is 24.3 Å². The lowest BCUT2D eigenvalue weighted by molar-refractivity contribution is -0.386. The number of nitro benzene ring substituents is 1. The van der Waals surface area contributed by atoms with Crippen LogP contribution in [0.2, 0.25) is 0 Å². The Kier molecular flexibility index (Phi) is 4.39. The van der Waals surface area contributed by atoms with Gasteiger partial charge in [0.2, 0.25) is 0 Å². The summed E-state index contributed by atoms with van der Waals surface area (Å²) in [7, 11) is 1.81. The molecule has 2 aromatic rings. The van der Waals surface area contributed by atoms with E-state index < -0.39 is 4.92 Å². The van der Waals surface area contributed by atoms with Crippen molar-refractivity contribution < 1.29 is 9.66 Å². The van der Waals surface area contributed by atoms with Gasteiger partial charge in [0.15, 0.2) is 5.75 Å². The molecule has 0 aliphatic rings. The van der Waals surface area contributed by atoms with E-state index in [4.69, 9.17) is 4.74 Å². The minimum atomic E-state index is -0.443. The summed E-state index contributed by atoms with van der Waals surface area (Å²) in [6, 6.07) is 6.73. The van der Waals surface area contributed by atoms with Crippen molar-refractivity contribution >= 4 is 21.6 Å². The molecule has 0 aliphatic carbocycles. The predicted molar refractivity (Wildman–Crippen MR) is 78.0 cm³/mol. The van der Waals surface area contributed by atoms with Gasteiger partial charge in [-0.15, -0.1) is 0 Å². The number of aryl methyl sites for hydroxylation is 2. The van der Waals surface area contributed by atoms with Gasteiger partial charge in [0.25, 0.3) is 0 Å². The number of benzene rings is 1. The van der Waals surface area contributed by atoms with E-state index in [0.29, 0.717) is 5.33 Å². The van der Waals surface area contributed by atoms with Crippen molar-refractivity contribution in [1.82, 2.24) is 9.78 Å². The quantitative estimate of drug-likeness (QED) is 0.476. The van der Waals surface area contributed by atoms with Crippen LogP contribution in [0, 0.1) is 17.0 Å². The molecule has 1 aromatic carbocycles. The highest BCUT2D eigenvalue weighted by molar-refractivity contribution is 9.08. The van der Waals surface area contributed by atoms with Crippen LogP contribution >= 0.6 is 15.9 Å². The lowest BCUT2D eigenvalue weighted by atomic mass is 10.2. The third-order valence-corrected chi connectivity index (χ3v) is 3.50. The molecule has 0 amide bonds. The maximum absolute atomic E-state index is 11.0. The summed E-state index contributed by atoms with van der Waals surface area (Å²) in [5.41, 5.74) is 2.64. The minimum absolute atomic E-state index is 0.0337. The van der Waals surface area contributed by atoms with Crippen LogP contribution in [0.5, 0.6) is 5.75 Å². The summed E-state index contributed by atoms with van der Waals surface area (Å²) < 4.78 is 7.30. The highest BCUT2D eigenvalue weighted by Crippen LogP contribution is 2.29. The number of nitro groups is 1. The molecule has 6 nitrogen and oxygen atoms in total. The Bertz CT molecular complexity index is 640. The average molecular weight is 340 g/mol. The molecule has 106 valence electrons. The summed E-state index contributed by atoms with van der Waals surface area (Å²) in [5, 5.41) is 15.8. The van der Waals surface area contributed by atoms with Gasteiger partial charge in [0, 0.05) is 18.4 Å². The zero-order chi connectivity index (χ0) is 14.7. The molecule has 0 saturated heterocycles. The van der Waals surface area contributed by atoms with E-state index >= 15 is 0 Å². The summed E-state index contributed by atoms with van der Waals surface area (Å²) in [6.45, 7) is 2.13. The Morgan fingerprint density at radius 3 is 2.75 bits per heavy atom. The number of hydrogen-bond donors (Lipinski definition) is 0. The molecule has 2 rings (SSSR count). The van der Waals surface area contributed by atoms with E-state index in [1.165, 1.54) is 6.07 Å².